The van der Waals surface area contributed by atoms with Gasteiger partial charge in [0.25, 0.3) is 5.91 Å². The monoisotopic (exact) mass is 309 g/mol. The van der Waals surface area contributed by atoms with Crippen LogP contribution < -0.4 is 0 Å². The predicted octanol–water partition coefficient (Wildman–Crippen LogP) is 1.94. The van der Waals surface area contributed by atoms with Gasteiger partial charge in [-0.2, -0.15) is 0 Å². The van der Waals surface area contributed by atoms with E-state index in [1.807, 2.05) is 6.07 Å². The Kier molecular flexibility index (Phi) is 4.26. The van der Waals surface area contributed by atoms with E-state index in [1.54, 1.807) is 0 Å². The third kappa shape index (κ3) is 2.96. The Bertz CT molecular complexity index is 530. The van der Waals surface area contributed by atoms with E-state index >= 15 is 0 Å². The van der Waals surface area contributed by atoms with Crippen LogP contribution in [-0.4, -0.2) is 47.7 Å². The van der Waals surface area contributed by atoms with Crippen LogP contribution >= 0.6 is 11.3 Å². The third-order valence-electron chi connectivity index (χ3n) is 4.13. The lowest BCUT2D eigenvalue weighted by Gasteiger charge is -2.32. The molecule has 0 spiro atoms. The van der Waals surface area contributed by atoms with Crippen molar-refractivity contribution >= 4 is 23.2 Å². The molecule has 1 atom stereocenters. The summed E-state index contributed by atoms with van der Waals surface area (Å²) in [6.45, 7) is 0.825. The Balaban J connectivity index is 1.82. The summed E-state index contributed by atoms with van der Waals surface area (Å²) in [6.07, 6.45) is 5.67. The highest BCUT2D eigenvalue weighted by Crippen LogP contribution is 2.30. The summed E-state index contributed by atoms with van der Waals surface area (Å²) in [5.41, 5.74) is 1.28. The number of carbonyl (C=O) groups excluding carboxylic acids is 1. The molecule has 0 saturated carbocycles. The first kappa shape index (κ1) is 14.5. The number of carboxylic acids is 1. The zero-order valence-electron chi connectivity index (χ0n) is 11.8. The molecule has 1 aromatic rings. The van der Waals surface area contributed by atoms with Crippen molar-refractivity contribution in [3.8, 4) is 0 Å². The van der Waals surface area contributed by atoms with Crippen molar-refractivity contribution in [1.29, 1.82) is 0 Å². The quantitative estimate of drug-likeness (QED) is 0.848. The van der Waals surface area contributed by atoms with E-state index in [-0.39, 0.29) is 12.5 Å². The highest BCUT2D eigenvalue weighted by molar-refractivity contribution is 7.14. The van der Waals surface area contributed by atoms with E-state index < -0.39 is 12.0 Å². The number of amides is 1. The normalized spacial score (nSPS) is 22.5. The van der Waals surface area contributed by atoms with Crippen molar-refractivity contribution in [3.05, 3.63) is 21.4 Å². The highest BCUT2D eigenvalue weighted by atomic mass is 32.1. The number of nitrogens with zero attached hydrogens (tertiary/aromatic N) is 1. The maximum absolute atomic E-state index is 12.6. The van der Waals surface area contributed by atoms with E-state index in [9.17, 15) is 14.7 Å². The molecule has 1 aliphatic heterocycles. The van der Waals surface area contributed by atoms with Gasteiger partial charge in [-0.1, -0.05) is 6.42 Å². The molecule has 0 radical (unpaired) electrons. The summed E-state index contributed by atoms with van der Waals surface area (Å²) in [5, 5.41) is 9.23. The van der Waals surface area contributed by atoms with Gasteiger partial charge in [-0.05, 0) is 37.3 Å². The molecule has 21 heavy (non-hydrogen) atoms. The van der Waals surface area contributed by atoms with Crippen LogP contribution in [0.5, 0.6) is 0 Å². The standard InChI is InChI=1S/C15H19NO4S/c17-14(16-6-7-20-9-11(16)15(18)19)13-8-10-4-2-1-3-5-12(10)21-13/h8,11H,1-7,9H2,(H,18,19). The van der Waals surface area contributed by atoms with E-state index in [0.29, 0.717) is 18.0 Å². The van der Waals surface area contributed by atoms with Crippen molar-refractivity contribution in [3.63, 3.8) is 0 Å². The van der Waals surface area contributed by atoms with Crippen molar-refractivity contribution in [2.45, 2.75) is 38.1 Å². The number of ether oxygens (including phenoxy) is 1. The fourth-order valence-corrected chi connectivity index (χ4v) is 4.18. The molecule has 2 aliphatic rings. The van der Waals surface area contributed by atoms with Gasteiger partial charge in [-0.3, -0.25) is 4.79 Å². The first-order valence-electron chi connectivity index (χ1n) is 7.40. The van der Waals surface area contributed by atoms with E-state index in [4.69, 9.17) is 4.74 Å². The first-order chi connectivity index (χ1) is 10.2. The number of rotatable bonds is 2. The lowest BCUT2D eigenvalue weighted by Crippen LogP contribution is -2.52. The van der Waals surface area contributed by atoms with Crippen LogP contribution in [0.1, 0.15) is 39.4 Å². The van der Waals surface area contributed by atoms with Gasteiger partial charge in [0.05, 0.1) is 18.1 Å². The molecule has 1 saturated heterocycles. The van der Waals surface area contributed by atoms with Gasteiger partial charge in [-0.15, -0.1) is 11.3 Å². The molecular formula is C15H19NO4S. The average molecular weight is 309 g/mol. The van der Waals surface area contributed by atoms with E-state index in [0.717, 1.165) is 12.8 Å². The Morgan fingerprint density at radius 3 is 2.90 bits per heavy atom. The summed E-state index contributed by atoms with van der Waals surface area (Å²) in [7, 11) is 0. The number of carboxylic acid groups (broad SMARTS) is 1. The van der Waals surface area contributed by atoms with Crippen molar-refractivity contribution in [2.75, 3.05) is 19.8 Å². The first-order valence-corrected chi connectivity index (χ1v) is 8.21. The minimum atomic E-state index is -0.999. The molecule has 1 aromatic heterocycles. The number of thiophene rings is 1. The van der Waals surface area contributed by atoms with Gasteiger partial charge in [0.15, 0.2) is 6.04 Å². The number of aryl methyl sites for hydroxylation is 2. The van der Waals surface area contributed by atoms with Crippen molar-refractivity contribution < 1.29 is 19.4 Å². The number of morpholine rings is 1. The number of hydrogen-bond donors (Lipinski definition) is 1. The minimum Gasteiger partial charge on any atom is -0.480 e. The van der Waals surface area contributed by atoms with Crippen LogP contribution in [0, 0.1) is 0 Å². The van der Waals surface area contributed by atoms with Crippen LogP contribution in [0.15, 0.2) is 6.07 Å². The van der Waals surface area contributed by atoms with Crippen molar-refractivity contribution in [2.24, 2.45) is 0 Å². The van der Waals surface area contributed by atoms with Crippen LogP contribution in [0.25, 0.3) is 0 Å². The average Bonchev–Trinajstić information content (AvgIpc) is 2.77. The van der Waals surface area contributed by atoms with Gasteiger partial charge in [-0.25, -0.2) is 4.79 Å². The predicted molar refractivity (Wildman–Crippen MR) is 78.9 cm³/mol. The molecule has 1 aliphatic carbocycles. The second-order valence-corrected chi connectivity index (χ2v) is 6.68. The molecule has 0 aromatic carbocycles. The maximum Gasteiger partial charge on any atom is 0.328 e. The molecule has 1 fully saturated rings. The summed E-state index contributed by atoms with van der Waals surface area (Å²) >= 11 is 1.54. The lowest BCUT2D eigenvalue weighted by atomic mass is 10.1. The number of aliphatic carboxylic acids is 1. The molecule has 5 nitrogen and oxygen atoms in total. The molecule has 0 bridgehead atoms. The Labute approximate surface area is 127 Å². The zero-order chi connectivity index (χ0) is 14.8. The number of fused-ring (bicyclic) bond motifs is 1. The van der Waals surface area contributed by atoms with Crippen molar-refractivity contribution in [1.82, 2.24) is 4.90 Å². The molecule has 1 unspecified atom stereocenters. The van der Waals surface area contributed by atoms with Crippen LogP contribution in [-0.2, 0) is 22.4 Å². The van der Waals surface area contributed by atoms with Gasteiger partial charge >= 0.3 is 5.97 Å². The fraction of sp³-hybridized carbons (Fsp3) is 0.600. The lowest BCUT2D eigenvalue weighted by molar-refractivity contribution is -0.147. The van der Waals surface area contributed by atoms with E-state index in [2.05, 4.69) is 0 Å². The largest absolute Gasteiger partial charge is 0.480 e. The summed E-state index contributed by atoms with van der Waals surface area (Å²) in [4.78, 5) is 27.3. The Hall–Kier alpha value is -1.40. The van der Waals surface area contributed by atoms with Gasteiger partial charge < -0.3 is 14.7 Å². The second-order valence-electron chi connectivity index (χ2n) is 5.55. The molecular weight excluding hydrogens is 290 g/mol. The van der Waals surface area contributed by atoms with Crippen LogP contribution in [0.2, 0.25) is 0 Å². The molecule has 3 rings (SSSR count). The van der Waals surface area contributed by atoms with Gasteiger partial charge in [0.1, 0.15) is 0 Å². The molecule has 2 heterocycles. The maximum atomic E-state index is 12.6. The molecule has 114 valence electrons. The molecule has 1 amide bonds. The zero-order valence-corrected chi connectivity index (χ0v) is 12.7. The van der Waals surface area contributed by atoms with Gasteiger partial charge in [0.2, 0.25) is 0 Å². The third-order valence-corrected chi connectivity index (χ3v) is 5.36. The second kappa shape index (κ2) is 6.15. The van der Waals surface area contributed by atoms with Crippen LogP contribution in [0.3, 0.4) is 0 Å². The summed E-state index contributed by atoms with van der Waals surface area (Å²) < 4.78 is 5.19. The smallest absolute Gasteiger partial charge is 0.328 e. The minimum absolute atomic E-state index is 0.0756. The Morgan fingerprint density at radius 1 is 1.29 bits per heavy atom. The highest BCUT2D eigenvalue weighted by Gasteiger charge is 2.34. The summed E-state index contributed by atoms with van der Waals surface area (Å²) in [5.74, 6) is -1.16. The SMILES string of the molecule is O=C(O)C1COCCN1C(=O)c1cc2c(s1)CCCCC2. The molecule has 6 heteroatoms. The van der Waals surface area contributed by atoms with Crippen LogP contribution in [0.4, 0.5) is 0 Å². The molecule has 1 N–H and O–H groups in total. The van der Waals surface area contributed by atoms with Gasteiger partial charge in [0, 0.05) is 11.4 Å². The summed E-state index contributed by atoms with van der Waals surface area (Å²) in [6, 6.07) is 1.11. The number of hydrogen-bond acceptors (Lipinski definition) is 4. The Morgan fingerprint density at radius 2 is 2.10 bits per heavy atom. The van der Waals surface area contributed by atoms with E-state index in [1.165, 1.54) is 45.9 Å². The number of carbonyl (C=O) groups is 2. The topological polar surface area (TPSA) is 66.8 Å². The fourth-order valence-electron chi connectivity index (χ4n) is 2.97.